The van der Waals surface area contributed by atoms with Crippen LogP contribution in [0.5, 0.6) is 0 Å². The van der Waals surface area contributed by atoms with Crippen molar-refractivity contribution in [2.45, 2.75) is 19.8 Å². The number of amides is 1. The van der Waals surface area contributed by atoms with E-state index in [1.165, 1.54) is 12.1 Å². The van der Waals surface area contributed by atoms with E-state index in [1.54, 1.807) is 37.3 Å². The zero-order chi connectivity index (χ0) is 20.8. The fraction of sp³-hybridized carbons (Fsp3) is 0.318. The molecule has 0 radical (unpaired) electrons. The lowest BCUT2D eigenvalue weighted by Gasteiger charge is -2.34. The first-order valence-electron chi connectivity index (χ1n) is 9.65. The summed E-state index contributed by atoms with van der Waals surface area (Å²) in [4.78, 5) is 38.2. The molecule has 0 aliphatic carbocycles. The number of benzene rings is 2. The summed E-state index contributed by atoms with van der Waals surface area (Å²) < 4.78 is 5.16. The Balaban J connectivity index is 1.88. The van der Waals surface area contributed by atoms with Crippen LogP contribution >= 0.6 is 0 Å². The highest BCUT2D eigenvalue weighted by molar-refractivity contribution is 6.06. The van der Waals surface area contributed by atoms with Crippen LogP contribution in [0.1, 0.15) is 40.5 Å². The number of piperidine rings is 1. The number of carbonyl (C=O) groups excluding carboxylic acids is 2. The summed E-state index contributed by atoms with van der Waals surface area (Å²) >= 11 is 0. The molecule has 1 aliphatic heterocycles. The van der Waals surface area contributed by atoms with Gasteiger partial charge in [0.2, 0.25) is 0 Å². The molecular formula is C22H24N2O5. The van der Waals surface area contributed by atoms with E-state index in [2.05, 4.69) is 5.32 Å². The molecule has 0 aromatic heterocycles. The first-order valence-corrected chi connectivity index (χ1v) is 9.65. The Labute approximate surface area is 169 Å². The molecule has 1 aliphatic rings. The maximum Gasteiger partial charge on any atom is 0.335 e. The highest BCUT2D eigenvalue weighted by atomic mass is 16.5. The second-order valence-corrected chi connectivity index (χ2v) is 6.89. The van der Waals surface area contributed by atoms with E-state index in [1.807, 2.05) is 11.0 Å². The van der Waals surface area contributed by atoms with Gasteiger partial charge < -0.3 is 20.1 Å². The maximum absolute atomic E-state index is 12.6. The minimum atomic E-state index is -1.07. The summed E-state index contributed by atoms with van der Waals surface area (Å²) in [5.74, 6) is -1.88. The third-order valence-electron chi connectivity index (χ3n) is 4.91. The number of hydrogen-bond donors (Lipinski definition) is 2. The smallest absolute Gasteiger partial charge is 0.335 e. The topological polar surface area (TPSA) is 95.9 Å². The molecule has 1 fully saturated rings. The number of aromatic carboxylic acids is 1. The van der Waals surface area contributed by atoms with Crippen LogP contribution in [0, 0.1) is 5.92 Å². The SMILES string of the molecule is CCOC(=O)[C@@H]1CCCN(c2ccc(C(=O)O)cc2NC(=O)c2ccccc2)C1. The molecule has 2 aromatic carbocycles. The van der Waals surface area contributed by atoms with E-state index in [0.717, 1.165) is 12.8 Å². The maximum atomic E-state index is 12.6. The predicted molar refractivity (Wildman–Crippen MR) is 109 cm³/mol. The fourth-order valence-electron chi connectivity index (χ4n) is 3.48. The molecule has 1 saturated heterocycles. The molecule has 1 heterocycles. The van der Waals surface area contributed by atoms with Gasteiger partial charge in [0.1, 0.15) is 0 Å². The number of ether oxygens (including phenoxy) is 1. The molecule has 0 bridgehead atoms. The summed E-state index contributed by atoms with van der Waals surface area (Å²) in [6.45, 7) is 3.28. The van der Waals surface area contributed by atoms with Crippen LogP contribution in [-0.4, -0.2) is 42.6 Å². The second kappa shape index (κ2) is 9.23. The van der Waals surface area contributed by atoms with Gasteiger partial charge in [-0.25, -0.2) is 4.79 Å². The molecule has 1 amide bonds. The van der Waals surface area contributed by atoms with Gasteiger partial charge in [0, 0.05) is 18.7 Å². The lowest BCUT2D eigenvalue weighted by Crippen LogP contribution is -2.39. The van der Waals surface area contributed by atoms with Gasteiger partial charge >= 0.3 is 11.9 Å². The molecule has 2 aromatic rings. The zero-order valence-electron chi connectivity index (χ0n) is 16.3. The predicted octanol–water partition coefficient (Wildman–Crippen LogP) is 3.42. The lowest BCUT2D eigenvalue weighted by atomic mass is 9.97. The van der Waals surface area contributed by atoms with Crippen molar-refractivity contribution < 1.29 is 24.2 Å². The third kappa shape index (κ3) is 4.93. The van der Waals surface area contributed by atoms with Crippen molar-refractivity contribution in [3.05, 3.63) is 59.7 Å². The van der Waals surface area contributed by atoms with Crippen LogP contribution in [0.4, 0.5) is 11.4 Å². The van der Waals surface area contributed by atoms with Crippen molar-refractivity contribution in [2.75, 3.05) is 29.9 Å². The van der Waals surface area contributed by atoms with Crippen molar-refractivity contribution in [2.24, 2.45) is 5.92 Å². The summed E-state index contributed by atoms with van der Waals surface area (Å²) in [5, 5.41) is 12.2. The van der Waals surface area contributed by atoms with Crippen molar-refractivity contribution in [3.8, 4) is 0 Å². The molecule has 7 nitrogen and oxygen atoms in total. The summed E-state index contributed by atoms with van der Waals surface area (Å²) in [5.41, 5.74) is 1.65. The number of carboxylic acids is 1. The molecule has 0 unspecified atom stereocenters. The summed E-state index contributed by atoms with van der Waals surface area (Å²) in [6.07, 6.45) is 1.55. The van der Waals surface area contributed by atoms with E-state index >= 15 is 0 Å². The standard InChI is InChI=1S/C22H24N2O5/c1-2-29-22(28)17-9-6-12-24(14-17)19-11-10-16(21(26)27)13-18(19)23-20(25)15-7-4-3-5-8-15/h3-5,7-8,10-11,13,17H,2,6,9,12,14H2,1H3,(H,23,25)(H,26,27)/t17-/m1/s1. The Hall–Kier alpha value is -3.35. The molecular weight excluding hydrogens is 372 g/mol. The Morgan fingerprint density at radius 1 is 1.14 bits per heavy atom. The van der Waals surface area contributed by atoms with Gasteiger partial charge in [-0.2, -0.15) is 0 Å². The minimum absolute atomic E-state index is 0.0797. The Kier molecular flexibility index (Phi) is 6.49. The molecule has 1 atom stereocenters. The number of esters is 1. The first-order chi connectivity index (χ1) is 14.0. The van der Waals surface area contributed by atoms with E-state index in [-0.39, 0.29) is 23.4 Å². The van der Waals surface area contributed by atoms with Crippen LogP contribution < -0.4 is 10.2 Å². The van der Waals surface area contributed by atoms with Crippen LogP contribution in [-0.2, 0) is 9.53 Å². The number of carbonyl (C=O) groups is 3. The molecule has 0 spiro atoms. The van der Waals surface area contributed by atoms with Gasteiger partial charge in [-0.1, -0.05) is 18.2 Å². The number of rotatable bonds is 6. The minimum Gasteiger partial charge on any atom is -0.478 e. The normalized spacial score (nSPS) is 16.2. The Morgan fingerprint density at radius 3 is 2.59 bits per heavy atom. The van der Waals surface area contributed by atoms with Gasteiger partial charge in [-0.15, -0.1) is 0 Å². The molecule has 7 heteroatoms. The van der Waals surface area contributed by atoms with Crippen LogP contribution in [0.15, 0.2) is 48.5 Å². The van der Waals surface area contributed by atoms with Gasteiger partial charge in [-0.3, -0.25) is 9.59 Å². The first kappa shape index (κ1) is 20.4. The van der Waals surface area contributed by atoms with Crippen LogP contribution in [0.25, 0.3) is 0 Å². The quantitative estimate of drug-likeness (QED) is 0.727. The van der Waals surface area contributed by atoms with Gasteiger partial charge in [0.05, 0.1) is 29.5 Å². The van der Waals surface area contributed by atoms with Gasteiger partial charge in [-0.05, 0) is 50.1 Å². The monoisotopic (exact) mass is 396 g/mol. The van der Waals surface area contributed by atoms with Crippen molar-refractivity contribution in [1.29, 1.82) is 0 Å². The highest BCUT2D eigenvalue weighted by Crippen LogP contribution is 2.32. The summed E-state index contributed by atoms with van der Waals surface area (Å²) in [7, 11) is 0. The van der Waals surface area contributed by atoms with Crippen LogP contribution in [0.3, 0.4) is 0 Å². The second-order valence-electron chi connectivity index (χ2n) is 6.89. The van der Waals surface area contributed by atoms with Crippen molar-refractivity contribution >= 4 is 29.2 Å². The lowest BCUT2D eigenvalue weighted by molar-refractivity contribution is -0.148. The van der Waals surface area contributed by atoms with Crippen LogP contribution in [0.2, 0.25) is 0 Å². The number of nitrogens with zero attached hydrogens (tertiary/aromatic N) is 1. The van der Waals surface area contributed by atoms with Gasteiger partial charge in [0.25, 0.3) is 5.91 Å². The van der Waals surface area contributed by atoms with Crippen molar-refractivity contribution in [1.82, 2.24) is 0 Å². The van der Waals surface area contributed by atoms with E-state index in [9.17, 15) is 19.5 Å². The van der Waals surface area contributed by atoms with E-state index < -0.39 is 5.97 Å². The van der Waals surface area contributed by atoms with E-state index in [4.69, 9.17) is 4.74 Å². The average molecular weight is 396 g/mol. The summed E-state index contributed by atoms with van der Waals surface area (Å²) in [6, 6.07) is 13.3. The van der Waals surface area contributed by atoms with E-state index in [0.29, 0.717) is 36.6 Å². The zero-order valence-corrected chi connectivity index (χ0v) is 16.3. The Bertz CT molecular complexity index is 897. The number of anilines is 2. The number of carboxylic acid groups (broad SMARTS) is 1. The largest absolute Gasteiger partial charge is 0.478 e. The fourth-order valence-corrected chi connectivity index (χ4v) is 3.48. The molecule has 29 heavy (non-hydrogen) atoms. The average Bonchev–Trinajstić information content (AvgIpc) is 2.74. The molecule has 3 rings (SSSR count). The molecule has 2 N–H and O–H groups in total. The Morgan fingerprint density at radius 2 is 1.90 bits per heavy atom. The third-order valence-corrected chi connectivity index (χ3v) is 4.91. The number of nitrogens with one attached hydrogen (secondary N) is 1. The van der Waals surface area contributed by atoms with Crippen molar-refractivity contribution in [3.63, 3.8) is 0 Å². The molecule has 152 valence electrons. The highest BCUT2D eigenvalue weighted by Gasteiger charge is 2.28. The number of hydrogen-bond acceptors (Lipinski definition) is 5. The van der Waals surface area contributed by atoms with Gasteiger partial charge in [0.15, 0.2) is 0 Å². The molecule has 0 saturated carbocycles.